The molecule has 1 heterocycles. The van der Waals surface area contributed by atoms with E-state index < -0.39 is 0 Å². The van der Waals surface area contributed by atoms with Crippen molar-refractivity contribution in [3.05, 3.63) is 5.82 Å². The third-order valence-electron chi connectivity index (χ3n) is 1.90. The van der Waals surface area contributed by atoms with E-state index in [1.807, 2.05) is 0 Å². The predicted octanol–water partition coefficient (Wildman–Crippen LogP) is 1.57. The lowest BCUT2D eigenvalue weighted by Gasteiger charge is -2.03. The summed E-state index contributed by atoms with van der Waals surface area (Å²) in [5.74, 6) is 0.926. The summed E-state index contributed by atoms with van der Waals surface area (Å²) in [5, 5.41) is 4.05. The second kappa shape index (κ2) is 8.43. The fraction of sp³-hybridized carbons (Fsp3) is 0.800. The van der Waals surface area contributed by atoms with E-state index >= 15 is 0 Å². The molecule has 1 N–H and O–H groups in total. The van der Waals surface area contributed by atoms with Gasteiger partial charge in [-0.1, -0.05) is 6.92 Å². The number of nitrogens with zero attached hydrogens (tertiary/aromatic N) is 2. The van der Waals surface area contributed by atoms with Crippen LogP contribution in [0.1, 0.15) is 19.2 Å². The minimum Gasteiger partial charge on any atom is -0.382 e. The van der Waals surface area contributed by atoms with Crippen molar-refractivity contribution in [2.75, 3.05) is 38.8 Å². The molecule has 0 aliphatic rings. The molecule has 0 radical (unpaired) electrons. The smallest absolute Gasteiger partial charge is 0.202 e. The van der Waals surface area contributed by atoms with E-state index in [1.54, 1.807) is 7.11 Å². The van der Waals surface area contributed by atoms with Crippen LogP contribution in [0, 0.1) is 0 Å². The maximum Gasteiger partial charge on any atom is 0.202 e. The zero-order valence-electron chi connectivity index (χ0n) is 9.86. The van der Waals surface area contributed by atoms with Gasteiger partial charge in [0.2, 0.25) is 5.13 Å². The first-order valence-electron chi connectivity index (χ1n) is 5.50. The molecule has 92 valence electrons. The fourth-order valence-electron chi connectivity index (χ4n) is 1.13. The minimum atomic E-state index is 0.634. The van der Waals surface area contributed by atoms with Gasteiger partial charge in [-0.05, 0) is 6.42 Å². The van der Waals surface area contributed by atoms with Crippen LogP contribution in [0.4, 0.5) is 5.13 Å². The molecule has 16 heavy (non-hydrogen) atoms. The van der Waals surface area contributed by atoms with Crippen molar-refractivity contribution < 1.29 is 9.47 Å². The molecule has 0 fully saturated rings. The van der Waals surface area contributed by atoms with Gasteiger partial charge in [-0.2, -0.15) is 4.37 Å². The van der Waals surface area contributed by atoms with Gasteiger partial charge in [0.1, 0.15) is 5.82 Å². The lowest BCUT2D eigenvalue weighted by molar-refractivity contribution is 0.0759. The zero-order valence-corrected chi connectivity index (χ0v) is 10.7. The molecule has 0 amide bonds. The van der Waals surface area contributed by atoms with Gasteiger partial charge in [-0.3, -0.25) is 0 Å². The number of methoxy groups -OCH3 is 1. The monoisotopic (exact) mass is 245 g/mol. The molecule has 0 unspecified atom stereocenters. The molecule has 0 saturated carbocycles. The molecule has 0 spiro atoms. The average molecular weight is 245 g/mol. The Morgan fingerprint density at radius 2 is 2.19 bits per heavy atom. The molecule has 0 aromatic carbocycles. The van der Waals surface area contributed by atoms with Crippen LogP contribution in [0.5, 0.6) is 0 Å². The Kier molecular flexibility index (Phi) is 7.03. The number of aromatic nitrogens is 2. The molecule has 1 aromatic rings. The SMILES string of the molecule is CCCc1nsc(NCCOCCOC)n1. The lowest BCUT2D eigenvalue weighted by atomic mass is 10.3. The Balaban J connectivity index is 2.07. The van der Waals surface area contributed by atoms with Gasteiger partial charge in [0.25, 0.3) is 0 Å². The largest absolute Gasteiger partial charge is 0.382 e. The van der Waals surface area contributed by atoms with Crippen molar-refractivity contribution in [1.82, 2.24) is 9.36 Å². The van der Waals surface area contributed by atoms with E-state index in [1.165, 1.54) is 11.5 Å². The summed E-state index contributed by atoms with van der Waals surface area (Å²) in [5.41, 5.74) is 0. The van der Waals surface area contributed by atoms with Crippen LogP contribution >= 0.6 is 11.5 Å². The van der Waals surface area contributed by atoms with Crippen LogP contribution in [0.3, 0.4) is 0 Å². The van der Waals surface area contributed by atoms with Gasteiger partial charge in [0.15, 0.2) is 0 Å². The average Bonchev–Trinajstić information content (AvgIpc) is 2.72. The third-order valence-corrected chi connectivity index (χ3v) is 2.61. The minimum absolute atomic E-state index is 0.634. The summed E-state index contributed by atoms with van der Waals surface area (Å²) in [4.78, 5) is 4.35. The second-order valence-corrected chi connectivity index (χ2v) is 4.05. The van der Waals surface area contributed by atoms with Gasteiger partial charge >= 0.3 is 0 Å². The molecule has 0 aliphatic carbocycles. The summed E-state index contributed by atoms with van der Waals surface area (Å²) in [7, 11) is 1.66. The molecular formula is C10H19N3O2S. The Hall–Kier alpha value is -0.720. The van der Waals surface area contributed by atoms with Crippen molar-refractivity contribution in [2.45, 2.75) is 19.8 Å². The maximum absolute atomic E-state index is 5.32. The van der Waals surface area contributed by atoms with Gasteiger partial charge < -0.3 is 14.8 Å². The highest BCUT2D eigenvalue weighted by molar-refractivity contribution is 7.09. The van der Waals surface area contributed by atoms with Crippen molar-refractivity contribution >= 4 is 16.7 Å². The van der Waals surface area contributed by atoms with Crippen molar-refractivity contribution in [3.8, 4) is 0 Å². The first kappa shape index (κ1) is 13.3. The first-order chi connectivity index (χ1) is 7.86. The standard InChI is InChI=1S/C10H19N3O2S/c1-3-4-9-12-10(16-13-9)11-5-6-15-8-7-14-2/h3-8H2,1-2H3,(H,11,12,13). The van der Waals surface area contributed by atoms with Gasteiger partial charge in [0, 0.05) is 31.6 Å². The summed E-state index contributed by atoms with van der Waals surface area (Å²) >= 11 is 1.41. The molecule has 0 aliphatic heterocycles. The quantitative estimate of drug-likeness (QED) is 0.669. The van der Waals surface area contributed by atoms with Crippen LogP contribution in [-0.4, -0.2) is 42.8 Å². The van der Waals surface area contributed by atoms with Gasteiger partial charge in [-0.25, -0.2) is 4.98 Å². The Morgan fingerprint density at radius 1 is 1.31 bits per heavy atom. The molecule has 5 nitrogen and oxygen atoms in total. The van der Waals surface area contributed by atoms with Gasteiger partial charge in [0.05, 0.1) is 19.8 Å². The Labute approximate surface area is 100 Å². The number of hydrogen-bond donors (Lipinski definition) is 1. The van der Waals surface area contributed by atoms with E-state index in [4.69, 9.17) is 9.47 Å². The lowest BCUT2D eigenvalue weighted by Crippen LogP contribution is -2.11. The molecule has 0 atom stereocenters. The summed E-state index contributed by atoms with van der Waals surface area (Å²) in [6.07, 6.45) is 2.03. The fourth-order valence-corrected chi connectivity index (χ4v) is 1.76. The molecule has 1 rings (SSSR count). The van der Waals surface area contributed by atoms with Crippen LogP contribution < -0.4 is 5.32 Å². The van der Waals surface area contributed by atoms with E-state index in [-0.39, 0.29) is 0 Å². The number of anilines is 1. The summed E-state index contributed by atoms with van der Waals surface area (Å²) < 4.78 is 14.4. The number of rotatable bonds is 9. The molecule has 0 bridgehead atoms. The predicted molar refractivity (Wildman–Crippen MR) is 65.1 cm³/mol. The Morgan fingerprint density at radius 3 is 2.94 bits per heavy atom. The molecule has 6 heteroatoms. The van der Waals surface area contributed by atoms with Crippen LogP contribution in [0.15, 0.2) is 0 Å². The van der Waals surface area contributed by atoms with E-state index in [9.17, 15) is 0 Å². The van der Waals surface area contributed by atoms with Crippen LogP contribution in [0.25, 0.3) is 0 Å². The summed E-state index contributed by atoms with van der Waals surface area (Å²) in [6.45, 7) is 4.81. The van der Waals surface area contributed by atoms with Crippen molar-refractivity contribution in [3.63, 3.8) is 0 Å². The maximum atomic E-state index is 5.32. The number of ether oxygens (including phenoxy) is 2. The molecule has 1 aromatic heterocycles. The number of nitrogens with one attached hydrogen (secondary N) is 1. The van der Waals surface area contributed by atoms with Crippen LogP contribution in [-0.2, 0) is 15.9 Å². The normalized spacial score (nSPS) is 10.6. The Bertz CT molecular complexity index is 281. The third kappa shape index (κ3) is 5.39. The first-order valence-corrected chi connectivity index (χ1v) is 6.27. The summed E-state index contributed by atoms with van der Waals surface area (Å²) in [6, 6.07) is 0. The van der Waals surface area contributed by atoms with Gasteiger partial charge in [-0.15, -0.1) is 0 Å². The zero-order chi connectivity index (χ0) is 11.6. The van der Waals surface area contributed by atoms with E-state index in [2.05, 4.69) is 21.6 Å². The van der Waals surface area contributed by atoms with Crippen LogP contribution in [0.2, 0.25) is 0 Å². The number of hydrogen-bond acceptors (Lipinski definition) is 6. The second-order valence-electron chi connectivity index (χ2n) is 3.30. The van der Waals surface area contributed by atoms with Crippen molar-refractivity contribution in [1.29, 1.82) is 0 Å². The topological polar surface area (TPSA) is 56.3 Å². The number of aryl methyl sites for hydroxylation is 1. The molecule has 0 saturated heterocycles. The molecular weight excluding hydrogens is 226 g/mol. The highest BCUT2D eigenvalue weighted by Gasteiger charge is 2.01. The van der Waals surface area contributed by atoms with Crippen molar-refractivity contribution in [2.24, 2.45) is 0 Å². The highest BCUT2D eigenvalue weighted by atomic mass is 32.1. The van der Waals surface area contributed by atoms with E-state index in [0.29, 0.717) is 19.8 Å². The van der Waals surface area contributed by atoms with E-state index in [0.717, 1.165) is 30.3 Å². The highest BCUT2D eigenvalue weighted by Crippen LogP contribution is 2.11.